The minimum absolute atomic E-state index is 0.00493. The minimum Gasteiger partial charge on any atom is -0.480 e. The summed E-state index contributed by atoms with van der Waals surface area (Å²) in [6, 6.07) is 7.48. The van der Waals surface area contributed by atoms with Crippen LogP contribution < -0.4 is 5.32 Å². The Bertz CT molecular complexity index is 443. The van der Waals surface area contributed by atoms with Gasteiger partial charge in [-0.05, 0) is 25.0 Å². The average Bonchev–Trinajstić information content (AvgIpc) is 2.31. The summed E-state index contributed by atoms with van der Waals surface area (Å²) >= 11 is 1.16. The molecule has 1 unspecified atom stereocenters. The van der Waals surface area contributed by atoms with Gasteiger partial charge in [0.1, 0.15) is 5.25 Å². The summed E-state index contributed by atoms with van der Waals surface area (Å²) in [6.45, 7) is 5.65. The predicted molar refractivity (Wildman–Crippen MR) is 78.5 cm³/mol. The second-order valence-electron chi connectivity index (χ2n) is 4.73. The van der Waals surface area contributed by atoms with E-state index in [1.807, 2.05) is 45.0 Å². The molecule has 0 radical (unpaired) electrons. The first kappa shape index (κ1) is 15.6. The molecule has 0 saturated heterocycles. The smallest absolute Gasteiger partial charge is 0.316 e. The Hall–Kier alpha value is -1.49. The van der Waals surface area contributed by atoms with Crippen molar-refractivity contribution in [2.75, 3.05) is 11.1 Å². The fraction of sp³-hybridized carbons (Fsp3) is 0.429. The van der Waals surface area contributed by atoms with Crippen molar-refractivity contribution in [3.05, 3.63) is 29.8 Å². The van der Waals surface area contributed by atoms with Gasteiger partial charge in [-0.1, -0.05) is 31.5 Å². The summed E-state index contributed by atoms with van der Waals surface area (Å²) in [5, 5.41) is 11.2. The van der Waals surface area contributed by atoms with Crippen LogP contribution in [0.5, 0.6) is 0 Å². The van der Waals surface area contributed by atoms with E-state index in [0.717, 1.165) is 23.0 Å². The molecule has 1 amide bonds. The number of aryl methyl sites for hydroxylation is 1. The van der Waals surface area contributed by atoms with Crippen LogP contribution in [0.1, 0.15) is 19.4 Å². The molecule has 0 aliphatic carbocycles. The molecule has 0 heterocycles. The predicted octanol–water partition coefficient (Wildman–Crippen LogP) is 2.78. The number of carbonyl (C=O) groups is 2. The number of benzene rings is 1. The highest BCUT2D eigenvalue weighted by Crippen LogP contribution is 2.20. The fourth-order valence-corrected chi connectivity index (χ4v) is 2.48. The molecule has 1 aromatic carbocycles. The molecule has 0 fully saturated rings. The Balaban J connectivity index is 2.47. The number of carboxylic acid groups (broad SMARTS) is 1. The van der Waals surface area contributed by atoms with Crippen molar-refractivity contribution in [1.29, 1.82) is 0 Å². The molecule has 104 valence electrons. The number of nitrogens with one attached hydrogen (secondary N) is 1. The monoisotopic (exact) mass is 281 g/mol. The average molecular weight is 281 g/mol. The largest absolute Gasteiger partial charge is 0.480 e. The third-order valence-electron chi connectivity index (χ3n) is 2.58. The van der Waals surface area contributed by atoms with E-state index in [4.69, 9.17) is 5.11 Å². The molecule has 19 heavy (non-hydrogen) atoms. The number of hydrogen-bond donors (Lipinski definition) is 2. The van der Waals surface area contributed by atoms with Gasteiger partial charge in [-0.2, -0.15) is 0 Å². The van der Waals surface area contributed by atoms with Crippen molar-refractivity contribution in [3.8, 4) is 0 Å². The summed E-state index contributed by atoms with van der Waals surface area (Å²) in [7, 11) is 0. The van der Waals surface area contributed by atoms with Gasteiger partial charge in [-0.15, -0.1) is 11.8 Å². The maximum Gasteiger partial charge on any atom is 0.316 e. The van der Waals surface area contributed by atoms with E-state index >= 15 is 0 Å². The van der Waals surface area contributed by atoms with E-state index in [-0.39, 0.29) is 17.6 Å². The maximum atomic E-state index is 11.7. The maximum absolute atomic E-state index is 11.7. The van der Waals surface area contributed by atoms with Crippen molar-refractivity contribution < 1.29 is 14.7 Å². The molecule has 0 aromatic heterocycles. The first-order valence-electron chi connectivity index (χ1n) is 6.11. The highest BCUT2D eigenvalue weighted by atomic mass is 32.2. The van der Waals surface area contributed by atoms with Crippen LogP contribution in [-0.4, -0.2) is 28.0 Å². The molecular formula is C14H19NO3S. The fourth-order valence-electron chi connectivity index (χ4n) is 1.55. The zero-order valence-electron chi connectivity index (χ0n) is 11.3. The molecule has 1 rings (SSSR count). The minimum atomic E-state index is -0.872. The van der Waals surface area contributed by atoms with Gasteiger partial charge in [-0.3, -0.25) is 9.59 Å². The Kier molecular flexibility index (Phi) is 5.89. The summed E-state index contributed by atoms with van der Waals surface area (Å²) in [5.41, 5.74) is 1.85. The van der Waals surface area contributed by atoms with Crippen LogP contribution >= 0.6 is 11.8 Å². The van der Waals surface area contributed by atoms with Crippen molar-refractivity contribution in [3.63, 3.8) is 0 Å². The zero-order chi connectivity index (χ0) is 14.4. The van der Waals surface area contributed by atoms with E-state index < -0.39 is 11.2 Å². The molecule has 0 aliphatic heterocycles. The normalized spacial score (nSPS) is 12.2. The number of hydrogen-bond acceptors (Lipinski definition) is 3. The molecule has 2 N–H and O–H groups in total. The molecule has 0 spiro atoms. The summed E-state index contributed by atoms with van der Waals surface area (Å²) in [4.78, 5) is 22.7. The van der Waals surface area contributed by atoms with Gasteiger partial charge >= 0.3 is 5.97 Å². The summed E-state index contributed by atoms with van der Waals surface area (Å²) in [6.07, 6.45) is 0. The topological polar surface area (TPSA) is 66.4 Å². The van der Waals surface area contributed by atoms with E-state index in [1.54, 1.807) is 0 Å². The van der Waals surface area contributed by atoms with E-state index in [2.05, 4.69) is 5.32 Å². The lowest BCUT2D eigenvalue weighted by Crippen LogP contribution is -2.25. The number of anilines is 1. The molecule has 4 nitrogen and oxygen atoms in total. The Morgan fingerprint density at radius 1 is 1.26 bits per heavy atom. The number of amides is 1. The third kappa shape index (κ3) is 5.34. The number of carbonyl (C=O) groups excluding carboxylic acids is 1. The summed E-state index contributed by atoms with van der Waals surface area (Å²) < 4.78 is 0. The first-order valence-corrected chi connectivity index (χ1v) is 7.16. The number of carboxylic acids is 1. The Morgan fingerprint density at radius 3 is 2.32 bits per heavy atom. The molecule has 5 heteroatoms. The highest BCUT2D eigenvalue weighted by molar-refractivity contribution is 8.01. The van der Waals surface area contributed by atoms with Gasteiger partial charge < -0.3 is 10.4 Å². The van der Waals surface area contributed by atoms with Gasteiger partial charge in [0.15, 0.2) is 0 Å². The number of rotatable bonds is 6. The lowest BCUT2D eigenvalue weighted by molar-refractivity contribution is -0.137. The van der Waals surface area contributed by atoms with Crippen molar-refractivity contribution in [2.45, 2.75) is 26.0 Å². The Labute approximate surface area is 117 Å². The lowest BCUT2D eigenvalue weighted by Gasteiger charge is -2.15. The van der Waals surface area contributed by atoms with Crippen LogP contribution in [0.3, 0.4) is 0 Å². The van der Waals surface area contributed by atoms with Crippen LogP contribution in [0.25, 0.3) is 0 Å². The zero-order valence-corrected chi connectivity index (χ0v) is 12.2. The standard InChI is InChI=1S/C14H19NO3S/c1-9(2)13(14(17)18)19-8-12(16)15-11-6-4-10(3)5-7-11/h4-7,9,13H,8H2,1-3H3,(H,15,16)(H,17,18). The molecule has 1 aromatic rings. The van der Waals surface area contributed by atoms with Crippen LogP contribution in [0.4, 0.5) is 5.69 Å². The quantitative estimate of drug-likeness (QED) is 0.841. The molecule has 0 bridgehead atoms. The molecular weight excluding hydrogens is 262 g/mol. The van der Waals surface area contributed by atoms with E-state index in [1.165, 1.54) is 0 Å². The molecule has 0 aliphatic rings. The summed E-state index contributed by atoms with van der Waals surface area (Å²) in [5.74, 6) is -0.915. The van der Waals surface area contributed by atoms with Crippen LogP contribution in [0, 0.1) is 12.8 Å². The molecule has 0 saturated carbocycles. The van der Waals surface area contributed by atoms with Gasteiger partial charge in [0, 0.05) is 5.69 Å². The molecule has 1 atom stereocenters. The van der Waals surface area contributed by atoms with Crippen molar-refractivity contribution >= 4 is 29.3 Å². The van der Waals surface area contributed by atoms with Gasteiger partial charge in [-0.25, -0.2) is 0 Å². The first-order chi connectivity index (χ1) is 8.90. The SMILES string of the molecule is Cc1ccc(NC(=O)CSC(C(=O)O)C(C)C)cc1. The highest BCUT2D eigenvalue weighted by Gasteiger charge is 2.22. The van der Waals surface area contributed by atoms with Gasteiger partial charge in [0.05, 0.1) is 5.75 Å². The van der Waals surface area contributed by atoms with Crippen LogP contribution in [0.2, 0.25) is 0 Å². The van der Waals surface area contributed by atoms with Gasteiger partial charge in [0.2, 0.25) is 5.91 Å². The van der Waals surface area contributed by atoms with Crippen molar-refractivity contribution in [1.82, 2.24) is 0 Å². The third-order valence-corrected chi connectivity index (χ3v) is 4.11. The lowest BCUT2D eigenvalue weighted by atomic mass is 10.1. The number of aliphatic carboxylic acids is 1. The van der Waals surface area contributed by atoms with E-state index in [0.29, 0.717) is 0 Å². The second kappa shape index (κ2) is 7.19. The van der Waals surface area contributed by atoms with E-state index in [9.17, 15) is 9.59 Å². The van der Waals surface area contributed by atoms with Crippen LogP contribution in [-0.2, 0) is 9.59 Å². The van der Waals surface area contributed by atoms with Crippen molar-refractivity contribution in [2.24, 2.45) is 5.92 Å². The van der Waals surface area contributed by atoms with Crippen LogP contribution in [0.15, 0.2) is 24.3 Å². The Morgan fingerprint density at radius 2 is 1.84 bits per heavy atom. The van der Waals surface area contributed by atoms with Gasteiger partial charge in [0.25, 0.3) is 0 Å². The number of thioether (sulfide) groups is 1. The second-order valence-corrected chi connectivity index (χ2v) is 5.86.